The summed E-state index contributed by atoms with van der Waals surface area (Å²) in [7, 11) is -11.7. The predicted octanol–water partition coefficient (Wildman–Crippen LogP) is 9.50. The molecule has 1 saturated heterocycles. The third-order valence-electron chi connectivity index (χ3n) is 15.3. The van der Waals surface area contributed by atoms with Crippen LogP contribution in [0.5, 0.6) is 17.2 Å². The van der Waals surface area contributed by atoms with Crippen molar-refractivity contribution >= 4 is 91.4 Å². The Balaban J connectivity index is 0.921. The molecular formula is C66H87N18O15P3. The molecule has 0 unspecified atom stereocenters. The number of rotatable bonds is 36. The largest absolute Gasteiger partial charge is 0.462 e. The van der Waals surface area contributed by atoms with Crippen LogP contribution in [0.1, 0.15) is 83.1 Å². The molecule has 3 aromatic carbocycles. The fourth-order valence-electron chi connectivity index (χ4n) is 10.8. The number of carbonyl (C=O) groups is 3. The van der Waals surface area contributed by atoms with E-state index in [1.54, 1.807) is 207 Å². The zero-order valence-corrected chi connectivity index (χ0v) is 61.5. The summed E-state index contributed by atoms with van der Waals surface area (Å²) >= 11 is 0. The van der Waals surface area contributed by atoms with Gasteiger partial charge in [0.15, 0.2) is 50.9 Å². The number of imidazole rings is 3. The van der Waals surface area contributed by atoms with E-state index in [-0.39, 0.29) is 39.6 Å². The summed E-state index contributed by atoms with van der Waals surface area (Å²) in [5, 5.41) is 8.54. The van der Waals surface area contributed by atoms with E-state index in [1.807, 2.05) is 14.7 Å². The summed E-state index contributed by atoms with van der Waals surface area (Å²) in [4.78, 5) is 87.9. The Bertz CT molecular complexity index is 4000. The van der Waals surface area contributed by atoms with Crippen molar-refractivity contribution < 1.29 is 70.1 Å². The topological polar surface area (TPSA) is 362 Å². The lowest BCUT2D eigenvalue weighted by Crippen LogP contribution is -2.56. The summed E-state index contributed by atoms with van der Waals surface area (Å²) in [5.41, 5.74) is 2.65. The van der Waals surface area contributed by atoms with Crippen molar-refractivity contribution in [1.82, 2.24) is 73.8 Å². The third-order valence-corrected chi connectivity index (χ3v) is 20.6. The molecule has 10 rings (SSSR count). The van der Waals surface area contributed by atoms with Crippen LogP contribution in [0.2, 0.25) is 0 Å². The molecule has 0 amide bonds. The normalized spacial score (nSPS) is 16.4. The van der Waals surface area contributed by atoms with Gasteiger partial charge in [-0.3, -0.25) is 28.1 Å². The van der Waals surface area contributed by atoms with Crippen LogP contribution in [0, 0.1) is 0 Å². The minimum absolute atomic E-state index is 0.162. The Kier molecular flexibility index (Phi) is 25.1. The van der Waals surface area contributed by atoms with E-state index in [4.69, 9.17) is 86.8 Å². The Morgan fingerprint density at radius 1 is 0.382 bits per heavy atom. The predicted molar refractivity (Wildman–Crippen MR) is 380 cm³/mol. The molecule has 9 atom stereocenters. The van der Waals surface area contributed by atoms with Crippen LogP contribution in [0.15, 0.2) is 129 Å². The number of hydrogen-bond donors (Lipinski definition) is 3. The minimum Gasteiger partial charge on any atom is -0.462 e. The van der Waals surface area contributed by atoms with Gasteiger partial charge in [-0.2, -0.15) is 0 Å². The number of anilines is 3. The van der Waals surface area contributed by atoms with Crippen LogP contribution in [0.3, 0.4) is 0 Å². The molecule has 3 N–H and O–H groups in total. The molecule has 33 nitrogen and oxygen atoms in total. The number of carbonyl (C=O) groups excluding carboxylic acids is 3. The van der Waals surface area contributed by atoms with Crippen LogP contribution in [0.4, 0.5) is 17.5 Å². The molecule has 9 aromatic rings. The first-order valence-electron chi connectivity index (χ1n) is 33.2. The van der Waals surface area contributed by atoms with Crippen molar-refractivity contribution in [2.75, 3.05) is 53.7 Å². The maximum atomic E-state index is 14.5. The lowest BCUT2D eigenvalue weighted by Gasteiger charge is -2.43. The van der Waals surface area contributed by atoms with Gasteiger partial charge in [0.25, 0.3) is 0 Å². The molecule has 36 heteroatoms. The highest BCUT2D eigenvalue weighted by Crippen LogP contribution is 2.47. The molecule has 1 aliphatic rings. The quantitative estimate of drug-likeness (QED) is 0.0187. The smallest absolute Gasteiger partial charge is 0.342 e. The number of aromatic nitrogens is 12. The lowest BCUT2D eigenvalue weighted by atomic mass is 10.3. The number of nitrogens with zero attached hydrogens (tertiary/aromatic N) is 15. The molecule has 0 saturated carbocycles. The van der Waals surface area contributed by atoms with Gasteiger partial charge in [0, 0.05) is 0 Å². The van der Waals surface area contributed by atoms with Gasteiger partial charge in [0.1, 0.15) is 73.4 Å². The molecule has 1 fully saturated rings. The van der Waals surface area contributed by atoms with Crippen molar-refractivity contribution in [2.45, 2.75) is 157 Å². The molecule has 0 bridgehead atoms. The van der Waals surface area contributed by atoms with Crippen molar-refractivity contribution in [3.8, 4) is 17.2 Å². The summed E-state index contributed by atoms with van der Waals surface area (Å²) in [6, 6.07) is 22.8. The second-order valence-corrected chi connectivity index (χ2v) is 31.5. The van der Waals surface area contributed by atoms with Crippen LogP contribution in [-0.2, 0) is 76.1 Å². The van der Waals surface area contributed by atoms with Gasteiger partial charge in [-0.25, -0.2) is 60.1 Å². The molecular weight excluding hydrogens is 1380 g/mol. The van der Waals surface area contributed by atoms with Gasteiger partial charge in [-0.05, 0) is 119 Å². The van der Waals surface area contributed by atoms with Gasteiger partial charge in [-0.1, -0.05) is 54.6 Å². The first kappa shape index (κ1) is 75.6. The van der Waals surface area contributed by atoms with Crippen LogP contribution >= 0.6 is 22.6 Å². The van der Waals surface area contributed by atoms with E-state index in [2.05, 4.69) is 15.3 Å². The number of benzene rings is 3. The summed E-state index contributed by atoms with van der Waals surface area (Å²) < 4.78 is 102. The fraction of sp³-hybridized carbons (Fsp3) is 0.455. The van der Waals surface area contributed by atoms with Crippen molar-refractivity contribution in [1.29, 1.82) is 0 Å². The maximum absolute atomic E-state index is 14.5. The number of para-hydroxylation sites is 3. The lowest BCUT2D eigenvalue weighted by molar-refractivity contribution is -0.149. The molecule has 0 aliphatic carbocycles. The highest BCUT2D eigenvalue weighted by atomic mass is 31.2. The van der Waals surface area contributed by atoms with Crippen molar-refractivity contribution in [2.24, 2.45) is 0 Å². The van der Waals surface area contributed by atoms with Gasteiger partial charge in [0.2, 0.25) is 0 Å². The zero-order chi connectivity index (χ0) is 72.9. The molecule has 6 aromatic heterocycles. The van der Waals surface area contributed by atoms with Gasteiger partial charge in [-0.15, -0.1) is 0 Å². The van der Waals surface area contributed by atoms with E-state index >= 15 is 0 Å². The van der Waals surface area contributed by atoms with E-state index in [0.717, 1.165) is 0 Å². The number of nitrogens with one attached hydrogen (secondary N) is 3. The molecule has 546 valence electrons. The Morgan fingerprint density at radius 3 is 0.882 bits per heavy atom. The van der Waals surface area contributed by atoms with E-state index < -0.39 is 114 Å². The van der Waals surface area contributed by atoms with Crippen LogP contribution in [0.25, 0.3) is 33.5 Å². The Hall–Kier alpha value is -9.03. The average molecular weight is 1470 g/mol. The number of fused-ring (bicyclic) bond motifs is 3. The fourth-order valence-corrected chi connectivity index (χ4v) is 16.2. The summed E-state index contributed by atoms with van der Waals surface area (Å²) in [6.45, 7) is 21.4. The SMILES string of the molecule is CC(C)OC(=O)[C@H](C)N[P@](=O)(CO[C@H](C)Cn1cnc2c(N3CN(c4ncnc5c4ncn5C[C@@H](C)OC[P@@](=O)(N[C@@H](C)C(=O)OC(C)C)Oc4ccccc4)CN(c4ncnc5c4ncn5C[C@@H](C)OC[P@@](=O)(N[C@@H](C)C(=O)OC(C)C)Oc4ccccc4)C3)ncnc21)Oc1ccccc1. The Morgan fingerprint density at radius 2 is 0.637 bits per heavy atom. The van der Waals surface area contributed by atoms with Crippen molar-refractivity contribution in [3.05, 3.63) is 129 Å². The van der Waals surface area contributed by atoms with Crippen LogP contribution in [-0.4, -0.2) is 170 Å². The summed E-state index contributed by atoms with van der Waals surface area (Å²) in [6.07, 6.45) is 4.91. The first-order valence-corrected chi connectivity index (χ1v) is 38.7. The molecule has 7 heterocycles. The van der Waals surface area contributed by atoms with Gasteiger partial charge >= 0.3 is 40.5 Å². The first-order chi connectivity index (χ1) is 48.7. The van der Waals surface area contributed by atoms with Gasteiger partial charge < -0.3 is 70.4 Å². The highest BCUT2D eigenvalue weighted by Gasteiger charge is 2.37. The number of ether oxygens (including phenoxy) is 6. The minimum atomic E-state index is -3.91. The number of esters is 3. The second kappa shape index (κ2) is 33.8. The number of hydrogen-bond acceptors (Lipinski definition) is 27. The molecule has 102 heavy (non-hydrogen) atoms. The summed E-state index contributed by atoms with van der Waals surface area (Å²) in [5.74, 6) is 0.431. The molecule has 1 aliphatic heterocycles. The Labute approximate surface area is 590 Å². The second-order valence-electron chi connectivity index (χ2n) is 25.4. The monoisotopic (exact) mass is 1460 g/mol. The van der Waals surface area contributed by atoms with E-state index in [1.165, 1.54) is 19.0 Å². The average Bonchev–Trinajstić information content (AvgIpc) is 1.50. The third kappa shape index (κ3) is 20.0. The highest BCUT2D eigenvalue weighted by molar-refractivity contribution is 7.57. The molecule has 0 spiro atoms. The van der Waals surface area contributed by atoms with Gasteiger partial charge in [0.05, 0.1) is 95.2 Å². The standard InChI is InChI=1S/C66H87N18O15P3/c1-43(2)94-64(85)49(10)76-100(88,97-52-22-16-13-17-23-52)40-91-46(7)28-79-34-73-55-58(79)67-31-70-61(55)82-37-83(62-56-59(68-32-71-62)80(35-74-56)29-47(8)92-41-101(89,98-53-24-18-14-19-25-53)77-50(11)65(86)95-44(3)4)39-84(38-82)63-57-60(69-33-72-63)81(36-75-57)30-48(9)93-42-102(90,99-54-26-20-15-21-27-54)78-51(12)66(87)96-45(5)6/h13-27,31-36,43-51H,28-30,37-42H2,1-12H3,(H,76,88)(H,77,89)(H,78,90)/t46-,47-,48-,49+,50+,51+,100+,101+,102+/m1/s1. The maximum Gasteiger partial charge on any atom is 0.342 e. The van der Waals surface area contributed by atoms with E-state index in [0.29, 0.717) is 68.2 Å². The van der Waals surface area contributed by atoms with Crippen molar-refractivity contribution in [3.63, 3.8) is 0 Å². The zero-order valence-electron chi connectivity index (χ0n) is 58.9. The van der Waals surface area contributed by atoms with E-state index in [9.17, 15) is 28.1 Å². The van der Waals surface area contributed by atoms with Crippen LogP contribution < -0.4 is 43.5 Å². The molecule has 0 radical (unpaired) electrons.